The van der Waals surface area contributed by atoms with E-state index in [1.54, 1.807) is 13.8 Å². The Balaban J connectivity index is 1.79. The molecule has 34 heavy (non-hydrogen) atoms. The first-order valence-corrected chi connectivity index (χ1v) is 13.0. The van der Waals surface area contributed by atoms with Crippen molar-refractivity contribution in [2.45, 2.75) is 86.2 Å². The second kappa shape index (κ2) is 10.1. The number of carbonyl (C=O) groups is 2. The van der Waals surface area contributed by atoms with Crippen LogP contribution in [0.3, 0.4) is 0 Å². The fourth-order valence-electron chi connectivity index (χ4n) is 4.34. The summed E-state index contributed by atoms with van der Waals surface area (Å²) >= 11 is 1.50. The Kier molecular flexibility index (Phi) is 7.81. The summed E-state index contributed by atoms with van der Waals surface area (Å²) in [5.74, 6) is 0.530. The molecule has 2 aromatic rings. The summed E-state index contributed by atoms with van der Waals surface area (Å²) in [4.78, 5) is 27.0. The highest BCUT2D eigenvalue weighted by molar-refractivity contribution is 7.17. The molecular weight excluding hydrogens is 446 g/mol. The second-order valence-corrected chi connectivity index (χ2v) is 12.4. The Morgan fingerprint density at radius 2 is 1.76 bits per heavy atom. The molecule has 1 aromatic carbocycles. The fourth-order valence-corrected chi connectivity index (χ4v) is 5.66. The Hall–Kier alpha value is -2.34. The third-order valence-electron chi connectivity index (χ3n) is 6.61. The van der Waals surface area contributed by atoms with Crippen LogP contribution in [0, 0.1) is 11.3 Å². The highest BCUT2D eigenvalue weighted by Crippen LogP contribution is 2.44. The number of rotatable bonds is 6. The van der Waals surface area contributed by atoms with Gasteiger partial charge in [-0.25, -0.2) is 4.79 Å². The molecule has 1 heterocycles. The van der Waals surface area contributed by atoms with E-state index in [0.29, 0.717) is 28.8 Å². The van der Waals surface area contributed by atoms with Gasteiger partial charge in [-0.15, -0.1) is 11.3 Å². The van der Waals surface area contributed by atoms with E-state index in [-0.39, 0.29) is 22.7 Å². The molecule has 3 rings (SSSR count). The number of benzene rings is 1. The molecule has 0 aliphatic heterocycles. The van der Waals surface area contributed by atoms with Gasteiger partial charge in [-0.2, -0.15) is 0 Å². The van der Waals surface area contributed by atoms with Crippen LogP contribution in [-0.4, -0.2) is 24.6 Å². The maximum Gasteiger partial charge on any atom is 0.341 e. The predicted molar refractivity (Wildman–Crippen MR) is 139 cm³/mol. The summed E-state index contributed by atoms with van der Waals surface area (Å²) in [7, 11) is 0. The van der Waals surface area contributed by atoms with Gasteiger partial charge in [0.1, 0.15) is 10.8 Å². The summed E-state index contributed by atoms with van der Waals surface area (Å²) in [6, 6.07) is 7.84. The quantitative estimate of drug-likeness (QED) is 0.458. The van der Waals surface area contributed by atoms with Crippen molar-refractivity contribution in [1.82, 2.24) is 0 Å². The third-order valence-corrected chi connectivity index (χ3v) is 7.78. The van der Waals surface area contributed by atoms with E-state index in [1.807, 2.05) is 24.3 Å². The molecule has 6 heteroatoms. The number of ether oxygens (including phenoxy) is 2. The lowest BCUT2D eigenvalue weighted by Gasteiger charge is -2.33. The van der Waals surface area contributed by atoms with Gasteiger partial charge in [-0.1, -0.05) is 53.7 Å². The standard InChI is InChI=1S/C28H39NO4S/c1-9-32-26(31)23-21-15-12-19(28(6,7)8)16-22(21)34-25(23)29-24(30)17(2)33-20-13-10-18(11-14-20)27(3,4)5/h10-11,13-14,17,19H,9,12,15-16H2,1-8H3,(H,29,30). The lowest BCUT2D eigenvalue weighted by molar-refractivity contribution is -0.122. The molecule has 2 atom stereocenters. The first-order valence-electron chi connectivity index (χ1n) is 12.2. The fraction of sp³-hybridized carbons (Fsp3) is 0.571. The molecule has 1 aliphatic rings. The molecular formula is C28H39NO4S. The van der Waals surface area contributed by atoms with Crippen LogP contribution in [0.4, 0.5) is 5.00 Å². The van der Waals surface area contributed by atoms with E-state index in [2.05, 4.69) is 46.9 Å². The Morgan fingerprint density at radius 1 is 1.12 bits per heavy atom. The van der Waals surface area contributed by atoms with Crippen molar-refractivity contribution in [3.05, 3.63) is 45.8 Å². The molecule has 0 bridgehead atoms. The average Bonchev–Trinajstić information content (AvgIpc) is 3.10. The smallest absolute Gasteiger partial charge is 0.341 e. The molecule has 1 aliphatic carbocycles. The Bertz CT molecular complexity index is 1020. The highest BCUT2D eigenvalue weighted by Gasteiger charge is 2.35. The Morgan fingerprint density at radius 3 is 2.32 bits per heavy atom. The van der Waals surface area contributed by atoms with Gasteiger partial charge < -0.3 is 14.8 Å². The lowest BCUT2D eigenvalue weighted by atomic mass is 9.72. The zero-order valence-corrected chi connectivity index (χ0v) is 22.7. The van der Waals surface area contributed by atoms with E-state index in [9.17, 15) is 9.59 Å². The van der Waals surface area contributed by atoms with Gasteiger partial charge in [-0.3, -0.25) is 4.79 Å². The number of hydrogen-bond acceptors (Lipinski definition) is 5. The first-order chi connectivity index (χ1) is 15.8. The molecule has 0 saturated heterocycles. The number of thiophene rings is 1. The second-order valence-electron chi connectivity index (χ2n) is 11.3. The molecule has 5 nitrogen and oxygen atoms in total. The maximum atomic E-state index is 13.0. The van der Waals surface area contributed by atoms with Crippen LogP contribution in [0.2, 0.25) is 0 Å². The van der Waals surface area contributed by atoms with Crippen molar-refractivity contribution < 1.29 is 19.1 Å². The molecule has 1 amide bonds. The number of esters is 1. The van der Waals surface area contributed by atoms with Crippen molar-refractivity contribution in [3.63, 3.8) is 0 Å². The van der Waals surface area contributed by atoms with Gasteiger partial charge in [0.15, 0.2) is 6.10 Å². The van der Waals surface area contributed by atoms with Crippen molar-refractivity contribution in [2.75, 3.05) is 11.9 Å². The van der Waals surface area contributed by atoms with Gasteiger partial charge in [0.2, 0.25) is 0 Å². The summed E-state index contributed by atoms with van der Waals surface area (Å²) < 4.78 is 11.3. The topological polar surface area (TPSA) is 64.6 Å². The number of fused-ring (bicyclic) bond motifs is 1. The minimum atomic E-state index is -0.711. The van der Waals surface area contributed by atoms with E-state index >= 15 is 0 Å². The molecule has 0 spiro atoms. The van der Waals surface area contributed by atoms with Gasteiger partial charge in [0.25, 0.3) is 5.91 Å². The van der Waals surface area contributed by atoms with Crippen molar-refractivity contribution >= 4 is 28.2 Å². The minimum Gasteiger partial charge on any atom is -0.481 e. The molecule has 0 fully saturated rings. The van der Waals surface area contributed by atoms with Crippen LogP contribution in [0.25, 0.3) is 0 Å². The van der Waals surface area contributed by atoms with E-state index in [4.69, 9.17) is 9.47 Å². The SMILES string of the molecule is CCOC(=O)c1c(NC(=O)C(C)Oc2ccc(C(C)(C)C)cc2)sc2c1CCC(C(C)(C)C)C2. The Labute approximate surface area is 208 Å². The van der Waals surface area contributed by atoms with E-state index in [1.165, 1.54) is 21.8 Å². The summed E-state index contributed by atoms with van der Waals surface area (Å²) in [6.07, 6.45) is 2.05. The number of anilines is 1. The van der Waals surface area contributed by atoms with Crippen LogP contribution in [0.15, 0.2) is 24.3 Å². The molecule has 186 valence electrons. The normalized spacial score (nSPS) is 17.0. The first kappa shape index (κ1) is 26.3. The zero-order valence-electron chi connectivity index (χ0n) is 21.8. The summed E-state index contributed by atoms with van der Waals surface area (Å²) in [5, 5.41) is 3.54. The maximum absolute atomic E-state index is 13.0. The van der Waals surface area contributed by atoms with Crippen LogP contribution >= 0.6 is 11.3 Å². The lowest BCUT2D eigenvalue weighted by Crippen LogP contribution is -2.30. The number of carbonyl (C=O) groups excluding carboxylic acids is 2. The van der Waals surface area contributed by atoms with Crippen LogP contribution in [-0.2, 0) is 27.8 Å². The molecule has 2 unspecified atom stereocenters. The number of hydrogen-bond donors (Lipinski definition) is 1. The van der Waals surface area contributed by atoms with Crippen LogP contribution in [0.5, 0.6) is 5.75 Å². The van der Waals surface area contributed by atoms with E-state index in [0.717, 1.165) is 24.8 Å². The number of nitrogens with one attached hydrogen (secondary N) is 1. The molecule has 0 radical (unpaired) electrons. The molecule has 1 aromatic heterocycles. The molecule has 0 saturated carbocycles. The van der Waals surface area contributed by atoms with E-state index < -0.39 is 6.10 Å². The van der Waals surface area contributed by atoms with Crippen molar-refractivity contribution in [3.8, 4) is 5.75 Å². The van der Waals surface area contributed by atoms with Crippen LogP contribution < -0.4 is 10.1 Å². The molecule has 1 N–H and O–H groups in total. The van der Waals surface area contributed by atoms with Crippen LogP contribution in [0.1, 0.15) is 88.2 Å². The number of amides is 1. The van der Waals surface area contributed by atoms with Gasteiger partial charge in [0.05, 0.1) is 12.2 Å². The summed E-state index contributed by atoms with van der Waals surface area (Å²) in [6.45, 7) is 17.1. The van der Waals surface area contributed by atoms with Crippen molar-refractivity contribution in [1.29, 1.82) is 0 Å². The third kappa shape index (κ3) is 6.01. The minimum absolute atomic E-state index is 0.0509. The van der Waals surface area contributed by atoms with Crippen molar-refractivity contribution in [2.24, 2.45) is 11.3 Å². The summed E-state index contributed by atoms with van der Waals surface area (Å²) in [5.41, 5.74) is 3.00. The largest absolute Gasteiger partial charge is 0.481 e. The predicted octanol–water partition coefficient (Wildman–Crippen LogP) is 6.78. The highest BCUT2D eigenvalue weighted by atomic mass is 32.1. The van der Waals surface area contributed by atoms with Gasteiger partial charge in [0, 0.05) is 4.88 Å². The monoisotopic (exact) mass is 485 g/mol. The van der Waals surface area contributed by atoms with Gasteiger partial charge in [-0.05, 0) is 73.1 Å². The average molecular weight is 486 g/mol. The van der Waals surface area contributed by atoms with Gasteiger partial charge >= 0.3 is 5.97 Å². The zero-order chi connectivity index (χ0) is 25.3.